The number of pyridine rings is 1. The Morgan fingerprint density at radius 1 is 1.29 bits per heavy atom. The van der Waals surface area contributed by atoms with Crippen molar-refractivity contribution < 1.29 is 4.79 Å². The molecule has 2 bridgehead atoms. The van der Waals surface area contributed by atoms with Crippen molar-refractivity contribution in [2.45, 2.75) is 31.3 Å². The fourth-order valence-corrected chi connectivity index (χ4v) is 2.78. The Hall–Kier alpha value is -1.42. The van der Waals surface area contributed by atoms with Crippen molar-refractivity contribution in [1.29, 1.82) is 0 Å². The molecule has 4 heteroatoms. The first kappa shape index (κ1) is 10.7. The number of likely N-dealkylation sites (tertiary alicyclic amines) is 1. The Morgan fingerprint density at radius 3 is 3.00 bits per heavy atom. The van der Waals surface area contributed by atoms with Gasteiger partial charge in [-0.3, -0.25) is 9.78 Å². The van der Waals surface area contributed by atoms with Gasteiger partial charge in [0.15, 0.2) is 0 Å². The molecule has 17 heavy (non-hydrogen) atoms. The second-order valence-electron chi connectivity index (χ2n) is 4.89. The predicted molar refractivity (Wildman–Crippen MR) is 64.7 cm³/mol. The van der Waals surface area contributed by atoms with Crippen LogP contribution in [0.25, 0.3) is 0 Å². The number of fused-ring (bicyclic) bond motifs is 2. The van der Waals surface area contributed by atoms with Crippen LogP contribution in [0.5, 0.6) is 0 Å². The van der Waals surface area contributed by atoms with Crippen molar-refractivity contribution >= 4 is 5.91 Å². The molecule has 1 aromatic heterocycles. The van der Waals surface area contributed by atoms with E-state index in [1.54, 1.807) is 12.3 Å². The van der Waals surface area contributed by atoms with Gasteiger partial charge in [0.25, 0.3) is 5.91 Å². The first-order valence-electron chi connectivity index (χ1n) is 6.29. The van der Waals surface area contributed by atoms with E-state index in [1.165, 1.54) is 12.8 Å². The van der Waals surface area contributed by atoms with E-state index in [4.69, 9.17) is 0 Å². The number of rotatable bonds is 1. The number of hydrogen-bond donors (Lipinski definition) is 1. The molecule has 0 radical (unpaired) electrons. The molecule has 2 saturated heterocycles. The molecule has 4 nitrogen and oxygen atoms in total. The number of carbonyl (C=O) groups excluding carboxylic acids is 1. The summed E-state index contributed by atoms with van der Waals surface area (Å²) in [4.78, 5) is 18.3. The van der Waals surface area contributed by atoms with Crippen molar-refractivity contribution in [2.24, 2.45) is 0 Å². The predicted octanol–water partition coefficient (Wildman–Crippen LogP) is 1.05. The van der Waals surface area contributed by atoms with Crippen LogP contribution in [-0.4, -0.2) is 41.0 Å². The van der Waals surface area contributed by atoms with E-state index in [9.17, 15) is 4.79 Å². The van der Waals surface area contributed by atoms with Crippen LogP contribution in [0.15, 0.2) is 24.4 Å². The van der Waals surface area contributed by atoms with Crippen LogP contribution in [0, 0.1) is 0 Å². The minimum Gasteiger partial charge on any atom is -0.336 e. The van der Waals surface area contributed by atoms with Crippen molar-refractivity contribution in [2.75, 3.05) is 13.1 Å². The summed E-state index contributed by atoms with van der Waals surface area (Å²) in [6.45, 7) is 1.68. The molecule has 3 rings (SSSR count). The highest BCUT2D eigenvalue weighted by Gasteiger charge is 2.31. The number of nitrogens with zero attached hydrogens (tertiary/aromatic N) is 2. The molecule has 2 atom stereocenters. The molecule has 2 fully saturated rings. The Balaban J connectivity index is 1.74. The SMILES string of the molecule is O=C(c1ccccn1)N1CCC2CCC(C1)N2. The van der Waals surface area contributed by atoms with Gasteiger partial charge in [-0.25, -0.2) is 0 Å². The summed E-state index contributed by atoms with van der Waals surface area (Å²) in [7, 11) is 0. The lowest BCUT2D eigenvalue weighted by Gasteiger charge is -2.23. The highest BCUT2D eigenvalue weighted by atomic mass is 16.2. The first-order chi connectivity index (χ1) is 8.33. The molecular weight excluding hydrogens is 214 g/mol. The highest BCUT2D eigenvalue weighted by molar-refractivity contribution is 5.92. The monoisotopic (exact) mass is 231 g/mol. The molecule has 1 amide bonds. The Kier molecular flexibility index (Phi) is 2.81. The van der Waals surface area contributed by atoms with Crippen molar-refractivity contribution in [3.63, 3.8) is 0 Å². The lowest BCUT2D eigenvalue weighted by atomic mass is 10.1. The average molecular weight is 231 g/mol. The second-order valence-corrected chi connectivity index (χ2v) is 4.89. The van der Waals surface area contributed by atoms with Gasteiger partial charge in [0.05, 0.1) is 0 Å². The third kappa shape index (κ3) is 2.17. The van der Waals surface area contributed by atoms with E-state index < -0.39 is 0 Å². The van der Waals surface area contributed by atoms with Crippen LogP contribution in [-0.2, 0) is 0 Å². The van der Waals surface area contributed by atoms with Gasteiger partial charge in [0.2, 0.25) is 0 Å². The largest absolute Gasteiger partial charge is 0.336 e. The minimum atomic E-state index is 0.0694. The Morgan fingerprint density at radius 2 is 2.18 bits per heavy atom. The summed E-state index contributed by atoms with van der Waals surface area (Å²) < 4.78 is 0. The summed E-state index contributed by atoms with van der Waals surface area (Å²) in [6.07, 6.45) is 5.19. The maximum Gasteiger partial charge on any atom is 0.272 e. The fourth-order valence-electron chi connectivity index (χ4n) is 2.78. The first-order valence-corrected chi connectivity index (χ1v) is 6.29. The highest BCUT2D eigenvalue weighted by Crippen LogP contribution is 2.21. The van der Waals surface area contributed by atoms with Gasteiger partial charge in [0.1, 0.15) is 5.69 Å². The number of amides is 1. The topological polar surface area (TPSA) is 45.2 Å². The number of hydrogen-bond acceptors (Lipinski definition) is 3. The molecule has 2 unspecified atom stereocenters. The van der Waals surface area contributed by atoms with Gasteiger partial charge >= 0.3 is 0 Å². The zero-order chi connectivity index (χ0) is 11.7. The summed E-state index contributed by atoms with van der Waals surface area (Å²) in [5, 5.41) is 3.57. The van der Waals surface area contributed by atoms with E-state index in [2.05, 4.69) is 10.3 Å². The zero-order valence-electron chi connectivity index (χ0n) is 9.80. The quantitative estimate of drug-likeness (QED) is 0.785. The zero-order valence-corrected chi connectivity index (χ0v) is 9.80. The maximum absolute atomic E-state index is 12.3. The van der Waals surface area contributed by atoms with Gasteiger partial charge in [-0.2, -0.15) is 0 Å². The molecule has 2 aliphatic heterocycles. The molecule has 0 spiro atoms. The van der Waals surface area contributed by atoms with Crippen molar-refractivity contribution in [3.05, 3.63) is 30.1 Å². The van der Waals surface area contributed by atoms with Gasteiger partial charge in [0, 0.05) is 31.4 Å². The van der Waals surface area contributed by atoms with E-state index in [-0.39, 0.29) is 5.91 Å². The average Bonchev–Trinajstić information content (AvgIpc) is 2.69. The van der Waals surface area contributed by atoms with Crippen LogP contribution in [0.1, 0.15) is 29.8 Å². The van der Waals surface area contributed by atoms with Crippen molar-refractivity contribution in [3.8, 4) is 0 Å². The molecule has 0 saturated carbocycles. The molecule has 1 N–H and O–H groups in total. The van der Waals surface area contributed by atoms with Crippen LogP contribution in [0.3, 0.4) is 0 Å². The number of carbonyl (C=O) groups is 1. The van der Waals surface area contributed by atoms with Gasteiger partial charge in [-0.05, 0) is 31.4 Å². The summed E-state index contributed by atoms with van der Waals surface area (Å²) >= 11 is 0. The van der Waals surface area contributed by atoms with Gasteiger partial charge < -0.3 is 10.2 Å². The molecule has 3 heterocycles. The van der Waals surface area contributed by atoms with Crippen molar-refractivity contribution in [1.82, 2.24) is 15.2 Å². The van der Waals surface area contributed by atoms with Gasteiger partial charge in [-0.15, -0.1) is 0 Å². The van der Waals surface area contributed by atoms with E-state index in [0.717, 1.165) is 19.5 Å². The van der Waals surface area contributed by atoms with Crippen LogP contribution < -0.4 is 5.32 Å². The van der Waals surface area contributed by atoms with Crippen LogP contribution in [0.4, 0.5) is 0 Å². The fraction of sp³-hybridized carbons (Fsp3) is 0.538. The van der Waals surface area contributed by atoms with Crippen LogP contribution >= 0.6 is 0 Å². The lowest BCUT2D eigenvalue weighted by molar-refractivity contribution is 0.0742. The molecule has 90 valence electrons. The summed E-state index contributed by atoms with van der Waals surface area (Å²) in [5.74, 6) is 0.0694. The Bertz CT molecular complexity index is 406. The van der Waals surface area contributed by atoms with E-state index >= 15 is 0 Å². The maximum atomic E-state index is 12.3. The standard InChI is InChI=1S/C13H17N3O/c17-13(12-3-1-2-7-14-12)16-8-6-10-4-5-11(9-16)15-10/h1-3,7,10-11,15H,4-6,8-9H2. The third-order valence-electron chi connectivity index (χ3n) is 3.69. The van der Waals surface area contributed by atoms with Crippen LogP contribution in [0.2, 0.25) is 0 Å². The Labute approximate surface area is 101 Å². The second kappa shape index (κ2) is 4.45. The smallest absolute Gasteiger partial charge is 0.272 e. The summed E-state index contributed by atoms with van der Waals surface area (Å²) in [5.41, 5.74) is 0.560. The molecule has 1 aromatic rings. The van der Waals surface area contributed by atoms with E-state index in [0.29, 0.717) is 17.8 Å². The number of nitrogens with one attached hydrogen (secondary N) is 1. The van der Waals surface area contributed by atoms with Gasteiger partial charge in [-0.1, -0.05) is 6.07 Å². The van der Waals surface area contributed by atoms with E-state index in [1.807, 2.05) is 17.0 Å². The molecule has 0 aliphatic carbocycles. The normalized spacial score (nSPS) is 27.9. The lowest BCUT2D eigenvalue weighted by Crippen LogP contribution is -2.39. The third-order valence-corrected chi connectivity index (χ3v) is 3.69. The number of aromatic nitrogens is 1. The minimum absolute atomic E-state index is 0.0694. The molecule has 0 aromatic carbocycles. The molecule has 2 aliphatic rings. The summed E-state index contributed by atoms with van der Waals surface area (Å²) in [6, 6.07) is 6.58. The molecular formula is C13H17N3O.